The molecule has 3 nitrogen and oxygen atoms in total. The number of ketones is 1. The molecule has 0 aliphatic rings. The lowest BCUT2D eigenvalue weighted by Crippen LogP contribution is -2.29. The van der Waals surface area contributed by atoms with E-state index >= 15 is 0 Å². The molecule has 17 heavy (non-hydrogen) atoms. The van der Waals surface area contributed by atoms with Crippen molar-refractivity contribution in [2.45, 2.75) is 0 Å². The van der Waals surface area contributed by atoms with Crippen LogP contribution in [-0.4, -0.2) is 5.78 Å². The Balaban J connectivity index is 2.17. The third-order valence-corrected chi connectivity index (χ3v) is 2.37. The summed E-state index contributed by atoms with van der Waals surface area (Å²) in [6, 6.07) is 14.6. The number of nitrogens with two attached hydrogens (primary N) is 1. The second kappa shape index (κ2) is 5.07. The van der Waals surface area contributed by atoms with Crippen LogP contribution in [0.5, 0.6) is 0 Å². The fraction of sp³-hybridized carbons (Fsp3) is 0. The number of nitrogen functional groups attached to an aromatic ring is 1. The molecular weight excluding hydrogens is 212 g/mol. The molecule has 0 unspecified atom stereocenters. The zero-order valence-electron chi connectivity index (χ0n) is 9.28. The number of hydrogen-bond donors (Lipinski definition) is 1. The van der Waals surface area contributed by atoms with Crippen LogP contribution in [0, 0.1) is 0 Å². The third kappa shape index (κ3) is 2.78. The SMILES string of the molecule is Nc1cccc[n+]1/C=C\C(=O)c1ccccc1. The number of benzene rings is 1. The summed E-state index contributed by atoms with van der Waals surface area (Å²) in [5.74, 6) is 0.547. The summed E-state index contributed by atoms with van der Waals surface area (Å²) in [4.78, 5) is 11.8. The number of carbonyl (C=O) groups excluding carboxylic acids is 1. The van der Waals surface area contributed by atoms with Gasteiger partial charge in [-0.1, -0.05) is 36.4 Å². The Hall–Kier alpha value is -2.42. The molecule has 0 aliphatic carbocycles. The molecule has 0 aliphatic heterocycles. The highest BCUT2D eigenvalue weighted by molar-refractivity contribution is 6.05. The van der Waals surface area contributed by atoms with E-state index in [0.29, 0.717) is 11.4 Å². The van der Waals surface area contributed by atoms with Crippen LogP contribution in [0.25, 0.3) is 6.20 Å². The Labute approximate surface area is 99.8 Å². The Morgan fingerprint density at radius 2 is 1.76 bits per heavy atom. The van der Waals surface area contributed by atoms with Crippen LogP contribution >= 0.6 is 0 Å². The largest absolute Gasteiger partial charge is 0.289 e. The monoisotopic (exact) mass is 225 g/mol. The lowest BCUT2D eigenvalue weighted by molar-refractivity contribution is -0.552. The third-order valence-electron chi connectivity index (χ3n) is 2.37. The zero-order valence-corrected chi connectivity index (χ0v) is 9.28. The topological polar surface area (TPSA) is 47.0 Å². The summed E-state index contributed by atoms with van der Waals surface area (Å²) in [5.41, 5.74) is 6.41. The van der Waals surface area contributed by atoms with E-state index < -0.39 is 0 Å². The van der Waals surface area contributed by atoms with Crippen LogP contribution in [0.2, 0.25) is 0 Å². The lowest BCUT2D eigenvalue weighted by Gasteiger charge is -1.95. The summed E-state index contributed by atoms with van der Waals surface area (Å²) < 4.78 is 1.70. The lowest BCUT2D eigenvalue weighted by atomic mass is 10.1. The summed E-state index contributed by atoms with van der Waals surface area (Å²) >= 11 is 0. The summed E-state index contributed by atoms with van der Waals surface area (Å²) in [5, 5.41) is 0. The second-order valence-corrected chi connectivity index (χ2v) is 3.58. The van der Waals surface area contributed by atoms with Crippen molar-refractivity contribution < 1.29 is 9.36 Å². The van der Waals surface area contributed by atoms with Gasteiger partial charge in [0.15, 0.2) is 5.78 Å². The van der Waals surface area contributed by atoms with Crippen molar-refractivity contribution in [1.82, 2.24) is 0 Å². The summed E-state index contributed by atoms with van der Waals surface area (Å²) in [6.07, 6.45) is 4.96. The molecule has 2 rings (SSSR count). The number of carbonyl (C=O) groups is 1. The maximum Gasteiger partial charge on any atom is 0.276 e. The molecule has 0 saturated heterocycles. The molecule has 1 aromatic carbocycles. The predicted molar refractivity (Wildman–Crippen MR) is 67.2 cm³/mol. The first-order valence-electron chi connectivity index (χ1n) is 5.30. The van der Waals surface area contributed by atoms with Crippen molar-refractivity contribution in [1.29, 1.82) is 0 Å². The standard InChI is InChI=1S/C14H12N2O/c15-14-8-4-5-10-16(14)11-9-13(17)12-6-2-1-3-7-12/h1-11,15H/p+1/b11-9-. The molecular formula is C14H13N2O+. The van der Waals surface area contributed by atoms with E-state index in [1.54, 1.807) is 35.2 Å². The van der Waals surface area contributed by atoms with Gasteiger partial charge >= 0.3 is 0 Å². The highest BCUT2D eigenvalue weighted by Crippen LogP contribution is 2.00. The molecule has 0 bridgehead atoms. The van der Waals surface area contributed by atoms with Crippen molar-refractivity contribution in [3.63, 3.8) is 0 Å². The smallest absolute Gasteiger partial charge is 0.276 e. The van der Waals surface area contributed by atoms with Crippen molar-refractivity contribution in [3.05, 3.63) is 66.4 Å². The number of anilines is 1. The van der Waals surface area contributed by atoms with Crippen molar-refractivity contribution in [3.8, 4) is 0 Å². The van der Waals surface area contributed by atoms with Crippen LogP contribution in [-0.2, 0) is 0 Å². The van der Waals surface area contributed by atoms with E-state index in [1.807, 2.05) is 30.3 Å². The number of aromatic nitrogens is 1. The molecule has 0 spiro atoms. The molecule has 0 radical (unpaired) electrons. The fourth-order valence-corrected chi connectivity index (χ4v) is 1.45. The first-order chi connectivity index (χ1) is 8.27. The number of pyridine rings is 1. The van der Waals surface area contributed by atoms with Crippen molar-refractivity contribution in [2.75, 3.05) is 5.73 Å². The first-order valence-corrected chi connectivity index (χ1v) is 5.30. The first kappa shape index (κ1) is 11.1. The molecule has 2 N–H and O–H groups in total. The fourth-order valence-electron chi connectivity index (χ4n) is 1.45. The molecule has 84 valence electrons. The van der Waals surface area contributed by atoms with Gasteiger partial charge in [0.2, 0.25) is 0 Å². The van der Waals surface area contributed by atoms with Gasteiger partial charge < -0.3 is 0 Å². The van der Waals surface area contributed by atoms with Gasteiger partial charge in [-0.25, -0.2) is 4.57 Å². The van der Waals surface area contributed by atoms with E-state index in [-0.39, 0.29) is 5.78 Å². The van der Waals surface area contributed by atoms with E-state index in [9.17, 15) is 4.79 Å². The Kier molecular flexibility index (Phi) is 3.31. The Morgan fingerprint density at radius 1 is 1.06 bits per heavy atom. The molecule has 0 saturated carbocycles. The minimum absolute atomic E-state index is 0.0404. The van der Waals surface area contributed by atoms with Crippen LogP contribution in [0.3, 0.4) is 0 Å². The van der Waals surface area contributed by atoms with Gasteiger partial charge in [-0.15, -0.1) is 0 Å². The number of nitrogens with zero attached hydrogens (tertiary/aromatic N) is 1. The summed E-state index contributed by atoms with van der Waals surface area (Å²) in [6.45, 7) is 0. The van der Waals surface area contributed by atoms with Gasteiger partial charge in [0.25, 0.3) is 5.82 Å². The van der Waals surface area contributed by atoms with Gasteiger partial charge in [0, 0.05) is 17.7 Å². The van der Waals surface area contributed by atoms with E-state index in [0.717, 1.165) is 0 Å². The van der Waals surface area contributed by atoms with Crippen LogP contribution in [0.1, 0.15) is 10.4 Å². The van der Waals surface area contributed by atoms with Gasteiger partial charge in [-0.05, 0) is 6.07 Å². The second-order valence-electron chi connectivity index (χ2n) is 3.58. The van der Waals surface area contributed by atoms with E-state index in [2.05, 4.69) is 0 Å². The number of hydrogen-bond acceptors (Lipinski definition) is 2. The highest BCUT2D eigenvalue weighted by Gasteiger charge is 2.02. The predicted octanol–water partition coefficient (Wildman–Crippen LogP) is 1.91. The maximum absolute atomic E-state index is 11.8. The maximum atomic E-state index is 11.8. The zero-order chi connectivity index (χ0) is 12.1. The van der Waals surface area contributed by atoms with E-state index in [4.69, 9.17) is 5.73 Å². The molecule has 0 fully saturated rings. The van der Waals surface area contributed by atoms with Crippen LogP contribution in [0.15, 0.2) is 60.8 Å². The highest BCUT2D eigenvalue weighted by atomic mass is 16.1. The van der Waals surface area contributed by atoms with Gasteiger partial charge in [0.05, 0.1) is 12.4 Å². The average Bonchev–Trinajstić information content (AvgIpc) is 2.38. The molecule has 2 aromatic rings. The molecule has 1 aromatic heterocycles. The normalized spacial score (nSPS) is 10.6. The van der Waals surface area contributed by atoms with Gasteiger partial charge in [0.1, 0.15) is 0 Å². The minimum atomic E-state index is -0.0404. The van der Waals surface area contributed by atoms with Crippen molar-refractivity contribution >= 4 is 17.8 Å². The Bertz CT molecular complexity index is 547. The Morgan fingerprint density at radius 3 is 2.47 bits per heavy atom. The van der Waals surface area contributed by atoms with Gasteiger partial charge in [-0.2, -0.15) is 0 Å². The quantitative estimate of drug-likeness (QED) is 0.492. The molecule has 1 heterocycles. The minimum Gasteiger partial charge on any atom is -0.289 e. The molecule has 3 heteroatoms. The van der Waals surface area contributed by atoms with Crippen molar-refractivity contribution in [2.24, 2.45) is 0 Å². The van der Waals surface area contributed by atoms with E-state index in [1.165, 1.54) is 6.08 Å². The average molecular weight is 225 g/mol. The molecule has 0 atom stereocenters. The van der Waals surface area contributed by atoms with Crippen LogP contribution in [0.4, 0.5) is 5.82 Å². The number of rotatable bonds is 3. The summed E-state index contributed by atoms with van der Waals surface area (Å²) in [7, 11) is 0. The van der Waals surface area contributed by atoms with Gasteiger partial charge in [-0.3, -0.25) is 10.5 Å². The molecule has 0 amide bonds. The van der Waals surface area contributed by atoms with Crippen LogP contribution < -0.4 is 10.3 Å². The number of allylic oxidation sites excluding steroid dienone is 1.